The van der Waals surface area contributed by atoms with Crippen LogP contribution in [-0.4, -0.2) is 43.3 Å². The molecule has 6 nitrogen and oxygen atoms in total. The lowest BCUT2D eigenvalue weighted by molar-refractivity contribution is 0.224. The van der Waals surface area contributed by atoms with Gasteiger partial charge in [0, 0.05) is 43.7 Å². The molecule has 184 valence electrons. The zero-order valence-electron chi connectivity index (χ0n) is 20.8. The van der Waals surface area contributed by atoms with E-state index in [0.717, 1.165) is 22.7 Å². The number of benzene rings is 2. The van der Waals surface area contributed by atoms with Crippen LogP contribution in [0, 0.1) is 16.6 Å². The highest BCUT2D eigenvalue weighted by molar-refractivity contribution is 5.90. The normalized spacial score (nSPS) is 28.9. The van der Waals surface area contributed by atoms with E-state index in [1.165, 1.54) is 44.6 Å². The molecular weight excluding hydrogens is 441 g/mol. The van der Waals surface area contributed by atoms with Crippen molar-refractivity contribution in [2.75, 3.05) is 31.4 Å². The van der Waals surface area contributed by atoms with E-state index in [0.29, 0.717) is 40.8 Å². The van der Waals surface area contributed by atoms with E-state index < -0.39 is 0 Å². The summed E-state index contributed by atoms with van der Waals surface area (Å²) in [6, 6.07) is 14.1. The van der Waals surface area contributed by atoms with Gasteiger partial charge in [0.1, 0.15) is 17.4 Å². The third-order valence-electron chi connectivity index (χ3n) is 8.72. The van der Waals surface area contributed by atoms with Crippen LogP contribution < -0.4 is 20.3 Å². The van der Waals surface area contributed by atoms with Crippen molar-refractivity contribution in [2.24, 2.45) is 10.8 Å². The minimum absolute atomic E-state index is 0.171. The molecule has 35 heavy (non-hydrogen) atoms. The van der Waals surface area contributed by atoms with Crippen LogP contribution in [0.3, 0.4) is 0 Å². The molecule has 0 amide bonds. The van der Waals surface area contributed by atoms with E-state index in [4.69, 9.17) is 14.7 Å². The van der Waals surface area contributed by atoms with Crippen molar-refractivity contribution in [2.45, 2.75) is 57.2 Å². The standard InChI is InChI=1S/C28H34FN5O/c1-34(2)25-20-6-4-5-7-22(20)31-26(33-25)32-24-16-28(24)12-10-27(11-13-28)15-23(27)30-17-18-14-19(35-3)8-9-21(18)29/h4-9,14,23-24,30H,10-13,15-17H2,1-3H3,(H,31,32,33)/t23-,24?,27?,28?/m1/s1. The second-order valence-corrected chi connectivity index (χ2v) is 11.0. The van der Waals surface area contributed by atoms with Gasteiger partial charge < -0.3 is 20.3 Å². The zero-order valence-corrected chi connectivity index (χ0v) is 20.8. The quantitative estimate of drug-likeness (QED) is 0.494. The third-order valence-corrected chi connectivity index (χ3v) is 8.72. The van der Waals surface area contributed by atoms with Crippen molar-refractivity contribution >= 4 is 22.7 Å². The number of halogens is 1. The first-order valence-corrected chi connectivity index (χ1v) is 12.7. The Hall–Kier alpha value is -2.93. The van der Waals surface area contributed by atoms with Crippen molar-refractivity contribution in [1.29, 1.82) is 0 Å². The van der Waals surface area contributed by atoms with Crippen LogP contribution in [0.4, 0.5) is 16.2 Å². The second-order valence-electron chi connectivity index (χ2n) is 11.0. The fourth-order valence-corrected chi connectivity index (χ4v) is 6.21. The number of ether oxygens (including phenoxy) is 1. The Kier molecular flexibility index (Phi) is 5.36. The largest absolute Gasteiger partial charge is 0.497 e. The topological polar surface area (TPSA) is 62.3 Å². The molecule has 2 N–H and O–H groups in total. The fraction of sp³-hybridized carbons (Fsp3) is 0.500. The first-order chi connectivity index (χ1) is 16.9. The molecule has 0 aliphatic heterocycles. The van der Waals surface area contributed by atoms with Crippen LogP contribution >= 0.6 is 0 Å². The van der Waals surface area contributed by atoms with E-state index in [1.807, 2.05) is 26.2 Å². The van der Waals surface area contributed by atoms with Crippen molar-refractivity contribution < 1.29 is 9.13 Å². The predicted molar refractivity (Wildman–Crippen MR) is 137 cm³/mol. The Bertz CT molecular complexity index is 1250. The number of rotatable bonds is 7. The van der Waals surface area contributed by atoms with Crippen LogP contribution in [0.25, 0.3) is 10.9 Å². The Balaban J connectivity index is 1.06. The summed E-state index contributed by atoms with van der Waals surface area (Å²) in [7, 11) is 5.67. The number of aromatic nitrogens is 2. The summed E-state index contributed by atoms with van der Waals surface area (Å²) in [5.41, 5.74) is 2.43. The molecule has 3 saturated carbocycles. The number of nitrogens with zero attached hydrogens (tertiary/aromatic N) is 3. The summed E-state index contributed by atoms with van der Waals surface area (Å²) in [5.74, 6) is 2.22. The molecule has 6 rings (SSSR count). The summed E-state index contributed by atoms with van der Waals surface area (Å²) in [6.07, 6.45) is 7.36. The molecule has 2 atom stereocenters. The summed E-state index contributed by atoms with van der Waals surface area (Å²) < 4.78 is 19.4. The first kappa shape index (κ1) is 22.5. The lowest BCUT2D eigenvalue weighted by Gasteiger charge is -2.31. The van der Waals surface area contributed by atoms with Crippen LogP contribution in [0.1, 0.15) is 44.1 Å². The first-order valence-electron chi connectivity index (χ1n) is 12.7. The molecule has 0 saturated heterocycles. The van der Waals surface area contributed by atoms with Gasteiger partial charge in [-0.25, -0.2) is 9.37 Å². The van der Waals surface area contributed by atoms with Gasteiger partial charge in [-0.2, -0.15) is 4.98 Å². The Morgan fingerprint density at radius 3 is 2.46 bits per heavy atom. The molecule has 2 aromatic carbocycles. The summed E-state index contributed by atoms with van der Waals surface area (Å²) >= 11 is 0. The molecule has 1 unspecified atom stereocenters. The SMILES string of the molecule is COc1ccc(F)c(CN[C@@H]2CC23CCC2(CC3)CC2Nc2nc(N(C)C)c3ccccc3n2)c1. The van der Waals surface area contributed by atoms with Crippen molar-refractivity contribution in [1.82, 2.24) is 15.3 Å². The monoisotopic (exact) mass is 475 g/mol. The second kappa shape index (κ2) is 8.33. The van der Waals surface area contributed by atoms with Gasteiger partial charge in [0.05, 0.1) is 12.6 Å². The highest BCUT2D eigenvalue weighted by Gasteiger charge is 2.63. The number of nitrogens with one attached hydrogen (secondary N) is 2. The third kappa shape index (κ3) is 4.10. The van der Waals surface area contributed by atoms with Gasteiger partial charge in [0.15, 0.2) is 0 Å². The minimum atomic E-state index is -0.171. The molecule has 2 spiro atoms. The number of para-hydroxylation sites is 1. The van der Waals surface area contributed by atoms with Crippen LogP contribution in [-0.2, 0) is 6.54 Å². The van der Waals surface area contributed by atoms with Crippen LogP contribution in [0.5, 0.6) is 5.75 Å². The molecule has 3 aromatic rings. The summed E-state index contributed by atoms with van der Waals surface area (Å²) in [4.78, 5) is 11.7. The van der Waals surface area contributed by atoms with Crippen molar-refractivity contribution in [3.8, 4) is 5.75 Å². The number of fused-ring (bicyclic) bond motifs is 1. The molecule has 3 aliphatic rings. The Labute approximate surface area is 206 Å². The highest BCUT2D eigenvalue weighted by atomic mass is 19.1. The summed E-state index contributed by atoms with van der Waals surface area (Å²) in [5, 5.41) is 8.37. The van der Waals surface area contributed by atoms with Crippen molar-refractivity contribution in [3.63, 3.8) is 0 Å². The van der Waals surface area contributed by atoms with Crippen LogP contribution in [0.2, 0.25) is 0 Å². The average molecular weight is 476 g/mol. The van der Waals surface area contributed by atoms with Gasteiger partial charge in [0.25, 0.3) is 0 Å². The van der Waals surface area contributed by atoms with E-state index in [2.05, 4.69) is 27.7 Å². The fourth-order valence-electron chi connectivity index (χ4n) is 6.21. The number of hydrogen-bond acceptors (Lipinski definition) is 6. The molecule has 1 aromatic heterocycles. The number of methoxy groups -OCH3 is 1. The molecular formula is C28H34FN5O. The highest BCUT2D eigenvalue weighted by Crippen LogP contribution is 2.66. The van der Waals surface area contributed by atoms with Gasteiger partial charge in [-0.3, -0.25) is 0 Å². The molecule has 0 radical (unpaired) electrons. The van der Waals surface area contributed by atoms with Crippen LogP contribution in [0.15, 0.2) is 42.5 Å². The van der Waals surface area contributed by atoms with E-state index in [9.17, 15) is 4.39 Å². The number of hydrogen-bond donors (Lipinski definition) is 2. The van der Waals surface area contributed by atoms with Gasteiger partial charge in [-0.1, -0.05) is 12.1 Å². The van der Waals surface area contributed by atoms with Gasteiger partial charge >= 0.3 is 0 Å². The molecule has 3 aliphatic carbocycles. The van der Waals surface area contributed by atoms with E-state index in [-0.39, 0.29) is 5.82 Å². The van der Waals surface area contributed by atoms with Crippen molar-refractivity contribution in [3.05, 3.63) is 53.8 Å². The van der Waals surface area contributed by atoms with Gasteiger partial charge in [-0.05, 0) is 79.7 Å². The maximum Gasteiger partial charge on any atom is 0.225 e. The van der Waals surface area contributed by atoms with E-state index >= 15 is 0 Å². The molecule has 1 heterocycles. The number of anilines is 2. The Morgan fingerprint density at radius 2 is 1.71 bits per heavy atom. The average Bonchev–Trinajstić information content (AvgIpc) is 3.74. The molecule has 0 bridgehead atoms. The van der Waals surface area contributed by atoms with E-state index in [1.54, 1.807) is 19.2 Å². The smallest absolute Gasteiger partial charge is 0.225 e. The van der Waals surface area contributed by atoms with Gasteiger partial charge in [-0.15, -0.1) is 0 Å². The maximum absolute atomic E-state index is 14.2. The van der Waals surface area contributed by atoms with Gasteiger partial charge in [0.2, 0.25) is 5.95 Å². The maximum atomic E-state index is 14.2. The molecule has 7 heteroatoms. The minimum Gasteiger partial charge on any atom is -0.497 e. The zero-order chi connectivity index (χ0) is 24.2. The lowest BCUT2D eigenvalue weighted by atomic mass is 9.76. The Morgan fingerprint density at radius 1 is 1.00 bits per heavy atom. The lowest BCUT2D eigenvalue weighted by Crippen LogP contribution is -2.29. The predicted octanol–water partition coefficient (Wildman–Crippen LogP) is 5.14. The summed E-state index contributed by atoms with van der Waals surface area (Å²) in [6.45, 7) is 0.554. The molecule has 3 fully saturated rings.